The fourth-order valence-electron chi connectivity index (χ4n) is 1.57. The van der Waals surface area contributed by atoms with Gasteiger partial charge in [-0.05, 0) is 50.8 Å². The zero-order valence-electron chi connectivity index (χ0n) is 8.99. The van der Waals surface area contributed by atoms with Gasteiger partial charge in [0.15, 0.2) is 0 Å². The summed E-state index contributed by atoms with van der Waals surface area (Å²) in [6.07, 6.45) is 0.692. The van der Waals surface area contributed by atoms with Crippen LogP contribution in [0.15, 0.2) is 22.3 Å². The Morgan fingerprint density at radius 1 is 1.07 bits per heavy atom. The number of rotatable bonds is 1. The maximum atomic E-state index is 9.37. The molecule has 0 bridgehead atoms. The Morgan fingerprint density at radius 3 is 1.64 bits per heavy atom. The first kappa shape index (κ1) is 20.2. The standard InChI is InChI=1S/C10H16O.2ClH.Ti/c1-6-5-10(9(4)11)8(3)7(6)2;;;/h9,11H,5H2,1-4H3;2*1H;/q;;;+2/p-2. The Morgan fingerprint density at radius 2 is 1.50 bits per heavy atom. The fraction of sp³-hybridized carbons (Fsp3) is 0.600. The maximum absolute atomic E-state index is 9.37. The number of hydrogen-bond donors (Lipinski definition) is 1. The molecule has 1 nitrogen and oxygen atoms in total. The van der Waals surface area contributed by atoms with Crippen molar-refractivity contribution in [2.75, 3.05) is 0 Å². The van der Waals surface area contributed by atoms with Crippen LogP contribution in [0.3, 0.4) is 0 Å². The Kier molecular flexibility index (Phi) is 11.5. The predicted octanol–water partition coefficient (Wildman–Crippen LogP) is -3.57. The number of hydrogen-bond acceptors (Lipinski definition) is 1. The van der Waals surface area contributed by atoms with Gasteiger partial charge in [0.25, 0.3) is 0 Å². The normalized spacial score (nSPS) is 16.9. The summed E-state index contributed by atoms with van der Waals surface area (Å²) in [6.45, 7) is 8.19. The minimum atomic E-state index is -0.276. The zero-order valence-corrected chi connectivity index (χ0v) is 12.1. The van der Waals surface area contributed by atoms with E-state index in [-0.39, 0.29) is 52.6 Å². The van der Waals surface area contributed by atoms with Gasteiger partial charge in [0.05, 0.1) is 6.10 Å². The summed E-state index contributed by atoms with van der Waals surface area (Å²) in [4.78, 5) is 0. The van der Waals surface area contributed by atoms with Gasteiger partial charge in [-0.1, -0.05) is 5.57 Å². The second-order valence-corrected chi connectivity index (χ2v) is 3.41. The predicted molar refractivity (Wildman–Crippen MR) is 47.4 cm³/mol. The first-order chi connectivity index (χ1) is 5.04. The van der Waals surface area contributed by atoms with E-state index in [0.29, 0.717) is 0 Å². The molecule has 0 spiro atoms. The van der Waals surface area contributed by atoms with Crippen molar-refractivity contribution >= 4 is 0 Å². The monoisotopic (exact) mass is 270 g/mol. The van der Waals surface area contributed by atoms with Gasteiger partial charge >= 0.3 is 21.7 Å². The number of allylic oxidation sites excluding steroid dienone is 3. The van der Waals surface area contributed by atoms with Crippen LogP contribution in [0.2, 0.25) is 0 Å². The molecule has 0 aromatic heterocycles. The molecule has 1 aliphatic rings. The Bertz CT molecular complexity index is 245. The van der Waals surface area contributed by atoms with Crippen LogP contribution in [0, 0.1) is 0 Å². The van der Waals surface area contributed by atoms with Crippen LogP contribution in [0.5, 0.6) is 0 Å². The third-order valence-corrected chi connectivity index (χ3v) is 2.64. The maximum Gasteiger partial charge on any atom is 2.00 e. The van der Waals surface area contributed by atoms with Crippen molar-refractivity contribution in [1.29, 1.82) is 0 Å². The van der Waals surface area contributed by atoms with Crippen LogP contribution in [-0.2, 0) is 21.7 Å². The largest absolute Gasteiger partial charge is 2.00 e. The molecule has 1 aliphatic carbocycles. The molecular formula is C10H16Cl2OTi. The molecule has 0 saturated heterocycles. The molecule has 4 heteroatoms. The molecule has 1 atom stereocenters. The third kappa shape index (κ3) is 4.08. The van der Waals surface area contributed by atoms with E-state index in [4.69, 9.17) is 0 Å². The molecule has 1 unspecified atom stereocenters. The van der Waals surface area contributed by atoms with E-state index in [1.54, 1.807) is 0 Å². The van der Waals surface area contributed by atoms with Crippen molar-refractivity contribution in [3.05, 3.63) is 22.3 Å². The molecule has 1 rings (SSSR count). The fourth-order valence-corrected chi connectivity index (χ4v) is 1.57. The number of aliphatic hydroxyl groups is 1. The van der Waals surface area contributed by atoms with Crippen LogP contribution in [-0.4, -0.2) is 11.2 Å². The smallest absolute Gasteiger partial charge is 1.00 e. The van der Waals surface area contributed by atoms with Crippen LogP contribution >= 0.6 is 0 Å². The minimum absolute atomic E-state index is 0. The van der Waals surface area contributed by atoms with E-state index in [1.807, 2.05) is 6.92 Å². The van der Waals surface area contributed by atoms with Gasteiger partial charge in [-0.15, -0.1) is 0 Å². The average Bonchev–Trinajstić information content (AvgIpc) is 2.17. The summed E-state index contributed by atoms with van der Waals surface area (Å²) in [5.74, 6) is 0. The molecule has 0 saturated carbocycles. The molecule has 0 heterocycles. The summed E-state index contributed by atoms with van der Waals surface area (Å²) in [5.41, 5.74) is 5.25. The van der Waals surface area contributed by atoms with E-state index in [0.717, 1.165) is 6.42 Å². The summed E-state index contributed by atoms with van der Waals surface area (Å²) in [7, 11) is 0. The second kappa shape index (κ2) is 7.95. The topological polar surface area (TPSA) is 20.2 Å². The van der Waals surface area contributed by atoms with Gasteiger partial charge in [-0.25, -0.2) is 0 Å². The molecule has 0 aromatic rings. The molecular weight excluding hydrogens is 255 g/mol. The van der Waals surface area contributed by atoms with Gasteiger partial charge in [0.2, 0.25) is 0 Å². The van der Waals surface area contributed by atoms with E-state index >= 15 is 0 Å². The SMILES string of the molecule is CC1=C(C)C(C)=C(C(C)O)C1.[Cl-].[Cl-].[Ti+2]. The van der Waals surface area contributed by atoms with Crippen LogP contribution in [0.4, 0.5) is 0 Å². The average molecular weight is 271 g/mol. The molecule has 14 heavy (non-hydrogen) atoms. The van der Waals surface area contributed by atoms with E-state index in [2.05, 4.69) is 20.8 Å². The first-order valence-corrected chi connectivity index (χ1v) is 4.08. The molecule has 0 aromatic carbocycles. The number of aliphatic hydroxyl groups excluding tert-OH is 1. The van der Waals surface area contributed by atoms with Gasteiger partial charge in [0, 0.05) is 0 Å². The van der Waals surface area contributed by atoms with Crippen molar-refractivity contribution in [1.82, 2.24) is 0 Å². The van der Waals surface area contributed by atoms with Crippen LogP contribution < -0.4 is 24.8 Å². The second-order valence-electron chi connectivity index (χ2n) is 3.41. The van der Waals surface area contributed by atoms with Crippen molar-refractivity contribution < 1.29 is 51.6 Å². The zero-order chi connectivity index (χ0) is 8.59. The molecule has 0 aliphatic heterocycles. The van der Waals surface area contributed by atoms with Crippen molar-refractivity contribution in [3.63, 3.8) is 0 Å². The quantitative estimate of drug-likeness (QED) is 0.489. The van der Waals surface area contributed by atoms with E-state index in [9.17, 15) is 5.11 Å². The van der Waals surface area contributed by atoms with Gasteiger partial charge in [0.1, 0.15) is 0 Å². The van der Waals surface area contributed by atoms with Crippen molar-refractivity contribution in [2.45, 2.75) is 40.2 Å². The van der Waals surface area contributed by atoms with Crippen molar-refractivity contribution in [2.24, 2.45) is 0 Å². The Labute approximate surface area is 114 Å². The summed E-state index contributed by atoms with van der Waals surface area (Å²) >= 11 is 0. The minimum Gasteiger partial charge on any atom is -1.00 e. The van der Waals surface area contributed by atoms with Gasteiger partial charge in [-0.3, -0.25) is 0 Å². The summed E-state index contributed by atoms with van der Waals surface area (Å²) in [5, 5.41) is 9.37. The molecule has 0 fully saturated rings. The Balaban J connectivity index is -0.000000403. The molecule has 80 valence electrons. The molecule has 1 N–H and O–H groups in total. The molecule has 0 radical (unpaired) electrons. The third-order valence-electron chi connectivity index (χ3n) is 2.64. The van der Waals surface area contributed by atoms with Gasteiger partial charge in [-0.2, -0.15) is 0 Å². The molecule has 0 amide bonds. The van der Waals surface area contributed by atoms with Crippen LogP contribution in [0.1, 0.15) is 34.1 Å². The van der Waals surface area contributed by atoms with Crippen LogP contribution in [0.25, 0.3) is 0 Å². The van der Waals surface area contributed by atoms with E-state index < -0.39 is 0 Å². The first-order valence-electron chi connectivity index (χ1n) is 4.08. The Hall–Kier alpha value is 0.734. The number of halogens is 2. The summed E-state index contributed by atoms with van der Waals surface area (Å²) < 4.78 is 0. The van der Waals surface area contributed by atoms with Crippen molar-refractivity contribution in [3.8, 4) is 0 Å². The van der Waals surface area contributed by atoms with Gasteiger partial charge < -0.3 is 29.9 Å². The van der Waals surface area contributed by atoms with E-state index in [1.165, 1.54) is 22.3 Å². The summed E-state index contributed by atoms with van der Waals surface area (Å²) in [6, 6.07) is 0.